The monoisotopic (exact) mass is 231 g/mol. The lowest BCUT2D eigenvalue weighted by atomic mass is 9.62. The molecular weight excluding hydrogens is 210 g/mol. The van der Waals surface area contributed by atoms with Crippen molar-refractivity contribution in [3.63, 3.8) is 0 Å². The van der Waals surface area contributed by atoms with Crippen LogP contribution in [0.4, 0.5) is 0 Å². The summed E-state index contributed by atoms with van der Waals surface area (Å²) in [6.07, 6.45) is 5.70. The van der Waals surface area contributed by atoms with Crippen LogP contribution in [0.15, 0.2) is 24.3 Å². The summed E-state index contributed by atoms with van der Waals surface area (Å²) in [5, 5.41) is 13.9. The lowest BCUT2D eigenvalue weighted by molar-refractivity contribution is 0.0495. The number of hydrogen-bond donors (Lipinski definition) is 2. The molecule has 92 valence electrons. The van der Waals surface area contributed by atoms with Crippen molar-refractivity contribution >= 4 is 0 Å². The first-order valence-electron chi connectivity index (χ1n) is 6.74. The molecule has 1 unspecified atom stereocenters. The average molecular weight is 231 g/mol. The van der Waals surface area contributed by atoms with E-state index >= 15 is 0 Å². The zero-order valence-corrected chi connectivity index (χ0v) is 10.4. The van der Waals surface area contributed by atoms with Crippen LogP contribution in [0.5, 0.6) is 0 Å². The molecule has 1 saturated carbocycles. The first-order chi connectivity index (χ1) is 8.28. The molecule has 1 aromatic rings. The molecule has 1 fully saturated rings. The summed E-state index contributed by atoms with van der Waals surface area (Å²) >= 11 is 0. The number of nitrogens with one attached hydrogen (secondary N) is 1. The fourth-order valence-corrected chi connectivity index (χ4v) is 3.97. The van der Waals surface area contributed by atoms with E-state index in [0.29, 0.717) is 5.92 Å². The van der Waals surface area contributed by atoms with Crippen LogP contribution in [0.25, 0.3) is 0 Å². The SMILES string of the molecule is CN[C@@]12CCCC[C@@H]1CC(O)c1ccccc12. The van der Waals surface area contributed by atoms with Crippen LogP contribution < -0.4 is 5.32 Å². The molecule has 2 heteroatoms. The Labute approximate surface area is 103 Å². The summed E-state index contributed by atoms with van der Waals surface area (Å²) in [4.78, 5) is 0. The first kappa shape index (κ1) is 11.2. The van der Waals surface area contributed by atoms with Crippen LogP contribution in [0, 0.1) is 5.92 Å². The number of fused-ring (bicyclic) bond motifs is 3. The summed E-state index contributed by atoms with van der Waals surface area (Å²) in [5.74, 6) is 0.589. The summed E-state index contributed by atoms with van der Waals surface area (Å²) in [5.41, 5.74) is 2.60. The highest BCUT2D eigenvalue weighted by Crippen LogP contribution is 2.50. The predicted octanol–water partition coefficient (Wildman–Crippen LogP) is 2.73. The fourth-order valence-electron chi connectivity index (χ4n) is 3.97. The number of rotatable bonds is 1. The standard InChI is InChI=1S/C15H21NO/c1-16-15-9-5-4-6-11(15)10-14(17)12-7-2-3-8-13(12)15/h2-3,7-8,11,14,16-17H,4-6,9-10H2,1H3/t11-,14?,15+/m1/s1. The largest absolute Gasteiger partial charge is 0.388 e. The Bertz CT molecular complexity index is 417. The molecule has 0 aromatic heterocycles. The molecule has 1 aromatic carbocycles. The van der Waals surface area contributed by atoms with E-state index in [1.54, 1.807) is 0 Å². The number of aliphatic hydroxyl groups is 1. The van der Waals surface area contributed by atoms with E-state index in [-0.39, 0.29) is 11.6 Å². The third-order valence-corrected chi connectivity index (χ3v) is 4.82. The van der Waals surface area contributed by atoms with Crippen LogP contribution in [-0.4, -0.2) is 12.2 Å². The van der Waals surface area contributed by atoms with Gasteiger partial charge in [0.15, 0.2) is 0 Å². The van der Waals surface area contributed by atoms with Crippen LogP contribution in [0.2, 0.25) is 0 Å². The maximum Gasteiger partial charge on any atom is 0.0796 e. The molecule has 0 amide bonds. The molecule has 0 aliphatic heterocycles. The van der Waals surface area contributed by atoms with Crippen molar-refractivity contribution in [2.24, 2.45) is 5.92 Å². The van der Waals surface area contributed by atoms with Gasteiger partial charge >= 0.3 is 0 Å². The van der Waals surface area contributed by atoms with Crippen LogP contribution in [0.3, 0.4) is 0 Å². The summed E-state index contributed by atoms with van der Waals surface area (Å²) in [6, 6.07) is 8.42. The van der Waals surface area contributed by atoms with E-state index in [1.165, 1.54) is 31.2 Å². The van der Waals surface area contributed by atoms with Gasteiger partial charge in [0.1, 0.15) is 0 Å². The van der Waals surface area contributed by atoms with E-state index in [1.807, 2.05) is 6.07 Å². The van der Waals surface area contributed by atoms with Crippen LogP contribution in [-0.2, 0) is 5.54 Å². The van der Waals surface area contributed by atoms with Gasteiger partial charge in [-0.15, -0.1) is 0 Å². The van der Waals surface area contributed by atoms with Crippen LogP contribution >= 0.6 is 0 Å². The third kappa shape index (κ3) is 1.54. The maximum absolute atomic E-state index is 10.3. The molecule has 0 radical (unpaired) electrons. The van der Waals surface area contributed by atoms with E-state index in [2.05, 4.69) is 30.6 Å². The molecule has 2 nitrogen and oxygen atoms in total. The van der Waals surface area contributed by atoms with E-state index in [4.69, 9.17) is 0 Å². The number of hydrogen-bond acceptors (Lipinski definition) is 2. The van der Waals surface area contributed by atoms with Gasteiger partial charge in [-0.05, 0) is 43.4 Å². The van der Waals surface area contributed by atoms with Gasteiger partial charge in [-0.25, -0.2) is 0 Å². The van der Waals surface area contributed by atoms with E-state index in [9.17, 15) is 5.11 Å². The molecule has 17 heavy (non-hydrogen) atoms. The summed E-state index contributed by atoms with van der Waals surface area (Å²) in [7, 11) is 2.08. The quantitative estimate of drug-likeness (QED) is 0.779. The maximum atomic E-state index is 10.3. The van der Waals surface area contributed by atoms with Gasteiger partial charge in [-0.2, -0.15) is 0 Å². The number of benzene rings is 1. The van der Waals surface area contributed by atoms with Crippen molar-refractivity contribution < 1.29 is 5.11 Å². The van der Waals surface area contributed by atoms with E-state index < -0.39 is 0 Å². The van der Waals surface area contributed by atoms with Crippen molar-refractivity contribution in [2.75, 3.05) is 7.05 Å². The predicted molar refractivity (Wildman–Crippen MR) is 68.7 cm³/mol. The second kappa shape index (κ2) is 4.11. The van der Waals surface area contributed by atoms with Crippen molar-refractivity contribution in [1.82, 2.24) is 5.32 Å². The Hall–Kier alpha value is -0.860. The summed E-state index contributed by atoms with van der Waals surface area (Å²) < 4.78 is 0. The zero-order valence-electron chi connectivity index (χ0n) is 10.4. The average Bonchev–Trinajstić information content (AvgIpc) is 2.39. The molecule has 0 bridgehead atoms. The molecular formula is C15H21NO. The van der Waals surface area contributed by atoms with E-state index in [0.717, 1.165) is 12.0 Å². The van der Waals surface area contributed by atoms with Gasteiger partial charge in [0, 0.05) is 5.54 Å². The van der Waals surface area contributed by atoms with Crippen molar-refractivity contribution in [3.8, 4) is 0 Å². The summed E-state index contributed by atoms with van der Waals surface area (Å²) in [6.45, 7) is 0. The van der Waals surface area contributed by atoms with Gasteiger partial charge in [-0.1, -0.05) is 37.1 Å². The van der Waals surface area contributed by atoms with Crippen molar-refractivity contribution in [2.45, 2.75) is 43.7 Å². The first-order valence-corrected chi connectivity index (χ1v) is 6.74. The van der Waals surface area contributed by atoms with Gasteiger partial charge in [0.05, 0.1) is 6.10 Å². The minimum absolute atomic E-state index is 0.119. The van der Waals surface area contributed by atoms with Gasteiger partial charge in [0.2, 0.25) is 0 Å². The normalized spacial score (nSPS) is 36.1. The highest BCUT2D eigenvalue weighted by molar-refractivity contribution is 5.39. The van der Waals surface area contributed by atoms with Crippen molar-refractivity contribution in [3.05, 3.63) is 35.4 Å². The molecule has 2 aliphatic rings. The zero-order chi connectivity index (χ0) is 11.9. The van der Waals surface area contributed by atoms with Crippen molar-refractivity contribution in [1.29, 1.82) is 0 Å². The Balaban J connectivity index is 2.14. The Morgan fingerprint density at radius 3 is 2.94 bits per heavy atom. The van der Waals surface area contributed by atoms with Gasteiger partial charge in [-0.3, -0.25) is 0 Å². The van der Waals surface area contributed by atoms with Gasteiger partial charge < -0.3 is 10.4 Å². The minimum Gasteiger partial charge on any atom is -0.388 e. The molecule has 3 atom stereocenters. The molecule has 2 N–H and O–H groups in total. The second-order valence-electron chi connectivity index (χ2n) is 5.50. The van der Waals surface area contributed by atoms with Gasteiger partial charge in [0.25, 0.3) is 0 Å². The topological polar surface area (TPSA) is 32.3 Å². The Kier molecular flexibility index (Phi) is 2.72. The Morgan fingerprint density at radius 1 is 1.29 bits per heavy atom. The highest BCUT2D eigenvalue weighted by Gasteiger charge is 2.46. The molecule has 3 rings (SSSR count). The molecule has 0 spiro atoms. The smallest absolute Gasteiger partial charge is 0.0796 e. The fraction of sp³-hybridized carbons (Fsp3) is 0.600. The lowest BCUT2D eigenvalue weighted by Gasteiger charge is -2.50. The Morgan fingerprint density at radius 2 is 2.12 bits per heavy atom. The molecule has 0 saturated heterocycles. The minimum atomic E-state index is -0.268. The van der Waals surface area contributed by atoms with Crippen LogP contribution in [0.1, 0.15) is 49.3 Å². The highest BCUT2D eigenvalue weighted by atomic mass is 16.3. The third-order valence-electron chi connectivity index (χ3n) is 4.82. The molecule has 2 aliphatic carbocycles. The molecule has 0 heterocycles. The lowest BCUT2D eigenvalue weighted by Crippen LogP contribution is -2.51. The number of aliphatic hydroxyl groups excluding tert-OH is 1. The second-order valence-corrected chi connectivity index (χ2v) is 5.50.